The van der Waals surface area contributed by atoms with Gasteiger partial charge in [-0.05, 0) is 38.1 Å². The molecule has 102 valence electrons. The third-order valence-corrected chi connectivity index (χ3v) is 4.81. The van der Waals surface area contributed by atoms with Crippen LogP contribution in [0.25, 0.3) is 0 Å². The van der Waals surface area contributed by atoms with E-state index < -0.39 is 11.9 Å². The molecule has 1 aliphatic carbocycles. The molecule has 2 fully saturated rings. The zero-order valence-corrected chi connectivity index (χ0v) is 11.4. The Balaban J connectivity index is 1.97. The van der Waals surface area contributed by atoms with Crippen molar-refractivity contribution in [3.63, 3.8) is 0 Å². The zero-order chi connectivity index (χ0) is 13.3. The van der Waals surface area contributed by atoms with E-state index in [4.69, 9.17) is 11.5 Å². The van der Waals surface area contributed by atoms with E-state index in [1.54, 1.807) is 4.90 Å². The first-order valence-electron chi connectivity index (χ1n) is 6.45. The van der Waals surface area contributed by atoms with Gasteiger partial charge in [0.2, 0.25) is 11.8 Å². The lowest BCUT2D eigenvalue weighted by molar-refractivity contribution is -0.170. The lowest BCUT2D eigenvalue weighted by Crippen LogP contribution is -2.68. The molecule has 2 rings (SSSR count). The Morgan fingerprint density at radius 2 is 2.11 bits per heavy atom. The van der Waals surface area contributed by atoms with Gasteiger partial charge in [0.25, 0.3) is 0 Å². The summed E-state index contributed by atoms with van der Waals surface area (Å²) in [5, 5.41) is 0. The van der Waals surface area contributed by atoms with Crippen molar-refractivity contribution < 1.29 is 9.59 Å². The lowest BCUT2D eigenvalue weighted by Gasteiger charge is -2.53. The predicted molar refractivity (Wildman–Crippen MR) is 72.0 cm³/mol. The fourth-order valence-corrected chi connectivity index (χ4v) is 3.49. The quantitative estimate of drug-likeness (QED) is 0.486. The molecule has 0 bridgehead atoms. The van der Waals surface area contributed by atoms with Crippen LogP contribution in [0, 0.1) is 11.3 Å². The van der Waals surface area contributed by atoms with Crippen molar-refractivity contribution in [2.75, 3.05) is 18.8 Å². The monoisotopic (exact) mass is 271 g/mol. The Bertz CT molecular complexity index is 353. The largest absolute Gasteiger partial charge is 0.368 e. The van der Waals surface area contributed by atoms with Gasteiger partial charge in [0.05, 0.1) is 5.41 Å². The summed E-state index contributed by atoms with van der Waals surface area (Å²) in [6.07, 6.45) is 3.81. The maximum Gasteiger partial charge on any atom is 0.241 e. The van der Waals surface area contributed by atoms with Crippen LogP contribution in [0.3, 0.4) is 0 Å². The fourth-order valence-electron chi connectivity index (χ4n) is 3.11. The summed E-state index contributed by atoms with van der Waals surface area (Å²) >= 11 is 4.09. The topological polar surface area (TPSA) is 89.4 Å². The number of hydrogen-bond donors (Lipinski definition) is 3. The van der Waals surface area contributed by atoms with Crippen molar-refractivity contribution >= 4 is 24.4 Å². The molecule has 1 atom stereocenters. The summed E-state index contributed by atoms with van der Waals surface area (Å²) in [6, 6.07) is -0.557. The van der Waals surface area contributed by atoms with Crippen LogP contribution in [0.5, 0.6) is 0 Å². The van der Waals surface area contributed by atoms with Crippen LogP contribution in [0.15, 0.2) is 0 Å². The van der Waals surface area contributed by atoms with E-state index in [1.165, 1.54) is 0 Å². The van der Waals surface area contributed by atoms with Crippen molar-refractivity contribution in [2.24, 2.45) is 22.8 Å². The zero-order valence-electron chi connectivity index (χ0n) is 10.5. The molecule has 1 spiro atoms. The summed E-state index contributed by atoms with van der Waals surface area (Å²) < 4.78 is 0. The molecule has 1 saturated heterocycles. The van der Waals surface area contributed by atoms with Gasteiger partial charge in [0.15, 0.2) is 0 Å². The second-order valence-corrected chi connectivity index (χ2v) is 5.86. The molecule has 4 N–H and O–H groups in total. The molecule has 2 amide bonds. The van der Waals surface area contributed by atoms with Gasteiger partial charge in [-0.25, -0.2) is 0 Å². The molecule has 2 aliphatic rings. The van der Waals surface area contributed by atoms with E-state index in [-0.39, 0.29) is 11.3 Å². The maximum absolute atomic E-state index is 12.3. The summed E-state index contributed by atoms with van der Waals surface area (Å²) in [5.74, 6) is 0.455. The van der Waals surface area contributed by atoms with Crippen LogP contribution in [0.1, 0.15) is 25.7 Å². The number of hydrogen-bond acceptors (Lipinski definition) is 4. The molecule has 0 aromatic rings. The van der Waals surface area contributed by atoms with Gasteiger partial charge >= 0.3 is 0 Å². The molecule has 6 heteroatoms. The molecule has 1 heterocycles. The Morgan fingerprint density at radius 3 is 2.50 bits per heavy atom. The number of primary amides is 1. The number of carbonyl (C=O) groups excluding carboxylic acids is 2. The third-order valence-electron chi connectivity index (χ3n) is 4.46. The van der Waals surface area contributed by atoms with Gasteiger partial charge in [0.1, 0.15) is 6.04 Å². The van der Waals surface area contributed by atoms with E-state index in [2.05, 4.69) is 12.6 Å². The second-order valence-electron chi connectivity index (χ2n) is 5.49. The number of nitrogens with zero attached hydrogens (tertiary/aromatic N) is 1. The number of amides is 2. The van der Waals surface area contributed by atoms with Gasteiger partial charge < -0.3 is 16.4 Å². The minimum atomic E-state index is -0.557. The van der Waals surface area contributed by atoms with Crippen LogP contribution in [-0.2, 0) is 9.59 Å². The second kappa shape index (κ2) is 5.09. The Kier molecular flexibility index (Phi) is 3.87. The molecule has 0 aromatic heterocycles. The smallest absolute Gasteiger partial charge is 0.241 e. The minimum Gasteiger partial charge on any atom is -0.368 e. The molecule has 0 radical (unpaired) electrons. The summed E-state index contributed by atoms with van der Waals surface area (Å²) in [6.45, 7) is 1.35. The van der Waals surface area contributed by atoms with Crippen LogP contribution in [0.4, 0.5) is 0 Å². The van der Waals surface area contributed by atoms with Crippen molar-refractivity contribution in [2.45, 2.75) is 31.7 Å². The lowest BCUT2D eigenvalue weighted by atomic mass is 9.65. The highest BCUT2D eigenvalue weighted by atomic mass is 32.1. The number of likely N-dealkylation sites (tertiary alicyclic amines) is 1. The maximum atomic E-state index is 12.3. The minimum absolute atomic E-state index is 0.0795. The predicted octanol–water partition coefficient (Wildman–Crippen LogP) is -0.252. The number of thiol groups is 1. The van der Waals surface area contributed by atoms with Crippen molar-refractivity contribution in [1.82, 2.24) is 4.90 Å². The Labute approximate surface area is 113 Å². The number of carbonyl (C=O) groups is 2. The van der Waals surface area contributed by atoms with Gasteiger partial charge in [-0.3, -0.25) is 9.59 Å². The average Bonchev–Trinajstić information content (AvgIpc) is 2.38. The molecule has 1 saturated carbocycles. The Hall–Kier alpha value is -0.750. The van der Waals surface area contributed by atoms with Crippen LogP contribution < -0.4 is 11.5 Å². The van der Waals surface area contributed by atoms with Crippen molar-refractivity contribution in [1.29, 1.82) is 0 Å². The van der Waals surface area contributed by atoms with E-state index in [1.807, 2.05) is 0 Å². The van der Waals surface area contributed by atoms with Crippen molar-refractivity contribution in [3.05, 3.63) is 0 Å². The first kappa shape index (κ1) is 13.7. The molecule has 18 heavy (non-hydrogen) atoms. The summed E-state index contributed by atoms with van der Waals surface area (Å²) in [5.41, 5.74) is 10.7. The van der Waals surface area contributed by atoms with Gasteiger partial charge in [0, 0.05) is 12.3 Å². The molecular weight excluding hydrogens is 250 g/mol. The SMILES string of the molecule is NCC1CCC2(CC1)CN([C@@H](CS)C(N)=O)C2=O. The first-order valence-corrected chi connectivity index (χ1v) is 7.08. The summed E-state index contributed by atoms with van der Waals surface area (Å²) in [7, 11) is 0. The number of nitrogens with two attached hydrogens (primary N) is 2. The van der Waals surface area contributed by atoms with Gasteiger partial charge in [-0.15, -0.1) is 0 Å². The third kappa shape index (κ3) is 2.12. The summed E-state index contributed by atoms with van der Waals surface area (Å²) in [4.78, 5) is 25.1. The highest BCUT2D eigenvalue weighted by molar-refractivity contribution is 7.80. The van der Waals surface area contributed by atoms with E-state index in [9.17, 15) is 9.59 Å². The number of rotatable bonds is 4. The van der Waals surface area contributed by atoms with Crippen molar-refractivity contribution in [3.8, 4) is 0 Å². The fraction of sp³-hybridized carbons (Fsp3) is 0.833. The van der Waals surface area contributed by atoms with Crippen LogP contribution in [-0.4, -0.2) is 41.6 Å². The highest BCUT2D eigenvalue weighted by Crippen LogP contribution is 2.47. The van der Waals surface area contributed by atoms with E-state index in [0.717, 1.165) is 25.7 Å². The molecule has 0 aromatic carbocycles. The van der Waals surface area contributed by atoms with E-state index in [0.29, 0.717) is 24.8 Å². The molecule has 1 aliphatic heterocycles. The highest BCUT2D eigenvalue weighted by Gasteiger charge is 2.55. The van der Waals surface area contributed by atoms with Crippen LogP contribution >= 0.6 is 12.6 Å². The Morgan fingerprint density at radius 1 is 1.50 bits per heavy atom. The molecular formula is C12H21N3O2S. The molecule has 5 nitrogen and oxygen atoms in total. The first-order chi connectivity index (χ1) is 8.54. The standard InChI is InChI=1S/C12H21N3O2S/c13-5-8-1-3-12(4-2-8)7-15(11(12)17)9(6-18)10(14)16/h8-9,18H,1-7,13H2,(H2,14,16)/t8?,9-,12?/m0/s1. The molecule has 0 unspecified atom stereocenters. The van der Waals surface area contributed by atoms with E-state index >= 15 is 0 Å². The van der Waals surface area contributed by atoms with Gasteiger partial charge in [-0.2, -0.15) is 12.6 Å². The normalized spacial score (nSPS) is 33.3. The number of β-lactam (4-membered cyclic amide) rings is 1. The average molecular weight is 271 g/mol. The van der Waals surface area contributed by atoms with Crippen LogP contribution in [0.2, 0.25) is 0 Å². The van der Waals surface area contributed by atoms with Gasteiger partial charge in [-0.1, -0.05) is 0 Å².